The van der Waals surface area contributed by atoms with Crippen molar-refractivity contribution in [3.8, 4) is 45.3 Å². The molecule has 0 atom stereocenters. The Kier molecular flexibility index (Phi) is 6.15. The summed E-state index contributed by atoms with van der Waals surface area (Å²) in [6.45, 7) is 0. The minimum absolute atomic E-state index is 0.587. The zero-order valence-electron chi connectivity index (χ0n) is 27.6. The van der Waals surface area contributed by atoms with Gasteiger partial charge in [-0.3, -0.25) is 0 Å². The standard InChI is InChI=1S/C46H26N4O2/c1-2-12-27(13-3-1)43-48-44(50-45(49-43)35-19-11-22-39-42(35)34-17-7-9-21-38(34)51-39)33-25-24-31(29-15-5-6-16-30(29)33)32-18-10-23-40-41(32)36-26-28-14-4-8-20-37(28)47-46(36)52-40/h1-26H. The zero-order valence-corrected chi connectivity index (χ0v) is 27.6. The highest BCUT2D eigenvalue weighted by atomic mass is 16.3. The van der Waals surface area contributed by atoms with Crippen molar-refractivity contribution < 1.29 is 8.83 Å². The molecule has 11 aromatic rings. The lowest BCUT2D eigenvalue weighted by atomic mass is 9.92. The van der Waals surface area contributed by atoms with Gasteiger partial charge in [-0.25, -0.2) is 19.9 Å². The normalized spacial score (nSPS) is 11.8. The average Bonchev–Trinajstić information content (AvgIpc) is 3.78. The Balaban J connectivity index is 1.15. The summed E-state index contributed by atoms with van der Waals surface area (Å²) in [5.41, 5.74) is 8.86. The van der Waals surface area contributed by atoms with Crippen molar-refractivity contribution in [2.24, 2.45) is 0 Å². The second-order valence-electron chi connectivity index (χ2n) is 13.0. The predicted molar refractivity (Wildman–Crippen MR) is 209 cm³/mol. The van der Waals surface area contributed by atoms with Crippen molar-refractivity contribution in [2.75, 3.05) is 0 Å². The van der Waals surface area contributed by atoms with Gasteiger partial charge in [0.1, 0.15) is 16.7 Å². The molecule has 242 valence electrons. The fourth-order valence-corrected chi connectivity index (χ4v) is 7.60. The first-order valence-electron chi connectivity index (χ1n) is 17.2. The van der Waals surface area contributed by atoms with Gasteiger partial charge in [-0.1, -0.05) is 121 Å². The maximum Gasteiger partial charge on any atom is 0.227 e. The van der Waals surface area contributed by atoms with Crippen molar-refractivity contribution in [1.29, 1.82) is 0 Å². The van der Waals surface area contributed by atoms with Crippen molar-refractivity contribution in [2.45, 2.75) is 0 Å². The first-order chi connectivity index (χ1) is 25.8. The van der Waals surface area contributed by atoms with Crippen LogP contribution in [-0.4, -0.2) is 19.9 Å². The lowest BCUT2D eigenvalue weighted by molar-refractivity contribution is 0.656. The molecule has 0 amide bonds. The summed E-state index contributed by atoms with van der Waals surface area (Å²) in [5.74, 6) is 1.79. The monoisotopic (exact) mass is 666 g/mol. The Morgan fingerprint density at radius 1 is 0.346 bits per heavy atom. The summed E-state index contributed by atoms with van der Waals surface area (Å²) in [6, 6.07) is 53.6. The van der Waals surface area contributed by atoms with Gasteiger partial charge in [0.25, 0.3) is 0 Å². The fraction of sp³-hybridized carbons (Fsp3) is 0. The molecule has 0 unspecified atom stereocenters. The van der Waals surface area contributed by atoms with E-state index in [9.17, 15) is 0 Å². The summed E-state index contributed by atoms with van der Waals surface area (Å²) < 4.78 is 12.6. The summed E-state index contributed by atoms with van der Waals surface area (Å²) >= 11 is 0. The third kappa shape index (κ3) is 4.38. The maximum absolute atomic E-state index is 6.34. The van der Waals surface area contributed by atoms with Crippen LogP contribution in [0.25, 0.3) is 111 Å². The van der Waals surface area contributed by atoms with Crippen molar-refractivity contribution in [3.05, 3.63) is 158 Å². The Morgan fingerprint density at radius 2 is 0.942 bits per heavy atom. The van der Waals surface area contributed by atoms with Gasteiger partial charge in [-0.05, 0) is 58.3 Å². The van der Waals surface area contributed by atoms with E-state index in [1.807, 2.05) is 91.0 Å². The number of hydrogen-bond donors (Lipinski definition) is 0. The van der Waals surface area contributed by atoms with E-state index in [0.29, 0.717) is 23.2 Å². The van der Waals surface area contributed by atoms with E-state index in [1.165, 1.54) is 0 Å². The molecule has 0 saturated carbocycles. The number of nitrogens with zero attached hydrogens (tertiary/aromatic N) is 4. The highest BCUT2D eigenvalue weighted by Gasteiger charge is 2.21. The van der Waals surface area contributed by atoms with Crippen LogP contribution < -0.4 is 0 Å². The first-order valence-corrected chi connectivity index (χ1v) is 17.2. The van der Waals surface area contributed by atoms with E-state index >= 15 is 0 Å². The molecule has 4 heterocycles. The Morgan fingerprint density at radius 3 is 1.79 bits per heavy atom. The molecule has 0 aliphatic carbocycles. The van der Waals surface area contributed by atoms with Crippen LogP contribution in [0, 0.1) is 0 Å². The van der Waals surface area contributed by atoms with E-state index in [0.717, 1.165) is 87.8 Å². The summed E-state index contributed by atoms with van der Waals surface area (Å²) in [4.78, 5) is 20.3. The second-order valence-corrected chi connectivity index (χ2v) is 13.0. The van der Waals surface area contributed by atoms with E-state index in [2.05, 4.69) is 66.7 Å². The first kappa shape index (κ1) is 28.6. The van der Waals surface area contributed by atoms with Crippen molar-refractivity contribution >= 4 is 65.7 Å². The predicted octanol–water partition coefficient (Wildman–Crippen LogP) is 12.0. The molecule has 0 radical (unpaired) electrons. The molecule has 0 aliphatic rings. The minimum Gasteiger partial charge on any atom is -0.456 e. The Hall–Kier alpha value is -7.18. The fourth-order valence-electron chi connectivity index (χ4n) is 7.60. The number of aromatic nitrogens is 4. The molecule has 0 N–H and O–H groups in total. The topological polar surface area (TPSA) is 77.8 Å². The largest absolute Gasteiger partial charge is 0.456 e. The van der Waals surface area contributed by atoms with Gasteiger partial charge < -0.3 is 8.83 Å². The van der Waals surface area contributed by atoms with Gasteiger partial charge in [0.15, 0.2) is 17.5 Å². The van der Waals surface area contributed by atoms with Crippen LogP contribution in [0.5, 0.6) is 0 Å². The minimum atomic E-state index is 0.587. The van der Waals surface area contributed by atoms with Gasteiger partial charge in [0, 0.05) is 43.6 Å². The van der Waals surface area contributed by atoms with E-state index < -0.39 is 0 Å². The maximum atomic E-state index is 6.34. The molecule has 0 saturated heterocycles. The SMILES string of the molecule is c1ccc(-c2nc(-c3ccc(-c4cccc5oc6nc7ccccc7cc6c45)c4ccccc34)nc(-c3cccc4oc5ccccc5c34)n2)cc1. The van der Waals surface area contributed by atoms with Crippen LogP contribution >= 0.6 is 0 Å². The van der Waals surface area contributed by atoms with Crippen LogP contribution in [0.15, 0.2) is 167 Å². The van der Waals surface area contributed by atoms with Crippen LogP contribution in [0.1, 0.15) is 0 Å². The summed E-state index contributed by atoms with van der Waals surface area (Å²) in [6.07, 6.45) is 0. The quantitative estimate of drug-likeness (QED) is 0.186. The summed E-state index contributed by atoms with van der Waals surface area (Å²) in [5, 5.41) is 7.24. The van der Waals surface area contributed by atoms with Gasteiger partial charge in [-0.15, -0.1) is 0 Å². The lowest BCUT2D eigenvalue weighted by Crippen LogP contribution is -2.01. The number of pyridine rings is 1. The van der Waals surface area contributed by atoms with Gasteiger partial charge in [-0.2, -0.15) is 0 Å². The molecule has 7 aromatic carbocycles. The molecular formula is C46H26N4O2. The highest BCUT2D eigenvalue weighted by Crippen LogP contribution is 2.42. The molecule has 0 aliphatic heterocycles. The molecular weight excluding hydrogens is 641 g/mol. The molecule has 0 bridgehead atoms. The average molecular weight is 667 g/mol. The summed E-state index contributed by atoms with van der Waals surface area (Å²) in [7, 11) is 0. The smallest absolute Gasteiger partial charge is 0.227 e. The Bertz CT molecular complexity index is 3200. The van der Waals surface area contributed by atoms with E-state index in [4.69, 9.17) is 28.8 Å². The van der Waals surface area contributed by atoms with E-state index in [1.54, 1.807) is 0 Å². The number of fused-ring (bicyclic) bond motifs is 8. The van der Waals surface area contributed by atoms with Crippen LogP contribution in [-0.2, 0) is 0 Å². The Labute approximate surface area is 296 Å². The molecule has 52 heavy (non-hydrogen) atoms. The van der Waals surface area contributed by atoms with Crippen molar-refractivity contribution in [1.82, 2.24) is 19.9 Å². The van der Waals surface area contributed by atoms with E-state index in [-0.39, 0.29) is 0 Å². The number of rotatable bonds is 4. The van der Waals surface area contributed by atoms with Gasteiger partial charge in [0.05, 0.1) is 5.52 Å². The van der Waals surface area contributed by atoms with Crippen LogP contribution in [0.3, 0.4) is 0 Å². The third-order valence-corrected chi connectivity index (χ3v) is 9.96. The zero-order chi connectivity index (χ0) is 34.2. The number of para-hydroxylation sites is 2. The number of furan rings is 2. The van der Waals surface area contributed by atoms with Gasteiger partial charge in [0.2, 0.25) is 5.71 Å². The second kappa shape index (κ2) is 11.2. The van der Waals surface area contributed by atoms with Crippen molar-refractivity contribution in [3.63, 3.8) is 0 Å². The molecule has 6 heteroatoms. The van der Waals surface area contributed by atoms with Gasteiger partial charge >= 0.3 is 0 Å². The molecule has 4 aromatic heterocycles. The molecule has 0 fully saturated rings. The highest BCUT2D eigenvalue weighted by molar-refractivity contribution is 6.17. The lowest BCUT2D eigenvalue weighted by Gasteiger charge is -2.14. The number of hydrogen-bond acceptors (Lipinski definition) is 6. The van der Waals surface area contributed by atoms with Crippen LogP contribution in [0.4, 0.5) is 0 Å². The van der Waals surface area contributed by atoms with Crippen LogP contribution in [0.2, 0.25) is 0 Å². The molecule has 0 spiro atoms. The number of benzene rings is 7. The molecule has 6 nitrogen and oxygen atoms in total. The molecule has 11 rings (SSSR count). The third-order valence-electron chi connectivity index (χ3n) is 9.96.